The summed E-state index contributed by atoms with van der Waals surface area (Å²) in [5.41, 5.74) is 2.55. The quantitative estimate of drug-likeness (QED) is 0.605. The zero-order valence-electron chi connectivity index (χ0n) is 8.81. The molecule has 2 unspecified atom stereocenters. The monoisotopic (exact) mass is 180 g/mol. The standard InChI is InChI=1S/C12H20O/c1-5-13-12-8-11(9(2)3)7-6-10(12)4/h11-12H,2,4-8H2,1,3H3. The van der Waals surface area contributed by atoms with E-state index in [0.717, 1.165) is 19.4 Å². The van der Waals surface area contributed by atoms with Crippen molar-refractivity contribution in [1.29, 1.82) is 0 Å². The molecule has 0 spiro atoms. The molecule has 0 amide bonds. The first-order valence-corrected chi connectivity index (χ1v) is 5.09. The molecule has 1 aliphatic carbocycles. The van der Waals surface area contributed by atoms with Crippen molar-refractivity contribution in [2.45, 2.75) is 39.2 Å². The van der Waals surface area contributed by atoms with Crippen LogP contribution in [-0.2, 0) is 4.74 Å². The average Bonchev–Trinajstić information content (AvgIpc) is 2.08. The van der Waals surface area contributed by atoms with Crippen molar-refractivity contribution in [3.63, 3.8) is 0 Å². The molecule has 1 rings (SSSR count). The third kappa shape index (κ3) is 2.70. The van der Waals surface area contributed by atoms with Gasteiger partial charge in [0.25, 0.3) is 0 Å². The summed E-state index contributed by atoms with van der Waals surface area (Å²) in [5, 5.41) is 0. The van der Waals surface area contributed by atoms with Crippen LogP contribution in [0.25, 0.3) is 0 Å². The van der Waals surface area contributed by atoms with Crippen molar-refractivity contribution < 1.29 is 4.74 Å². The van der Waals surface area contributed by atoms with Crippen LogP contribution in [-0.4, -0.2) is 12.7 Å². The molecule has 1 heteroatoms. The smallest absolute Gasteiger partial charge is 0.0787 e. The fourth-order valence-corrected chi connectivity index (χ4v) is 1.90. The normalized spacial score (nSPS) is 28.9. The van der Waals surface area contributed by atoms with Crippen LogP contribution in [0.2, 0.25) is 0 Å². The van der Waals surface area contributed by atoms with Gasteiger partial charge in [-0.25, -0.2) is 0 Å². The van der Waals surface area contributed by atoms with E-state index in [0.29, 0.717) is 5.92 Å². The van der Waals surface area contributed by atoms with E-state index in [-0.39, 0.29) is 6.10 Å². The number of hydrogen-bond acceptors (Lipinski definition) is 1. The van der Waals surface area contributed by atoms with Crippen LogP contribution in [0.3, 0.4) is 0 Å². The van der Waals surface area contributed by atoms with Gasteiger partial charge in [-0.15, -0.1) is 0 Å². The maximum Gasteiger partial charge on any atom is 0.0787 e. The summed E-state index contributed by atoms with van der Waals surface area (Å²) in [5.74, 6) is 0.641. The van der Waals surface area contributed by atoms with Crippen molar-refractivity contribution in [1.82, 2.24) is 0 Å². The Hall–Kier alpha value is -0.560. The van der Waals surface area contributed by atoms with E-state index in [1.165, 1.54) is 17.6 Å². The van der Waals surface area contributed by atoms with Gasteiger partial charge in [-0.2, -0.15) is 0 Å². The van der Waals surface area contributed by atoms with Crippen molar-refractivity contribution in [2.24, 2.45) is 5.92 Å². The fourth-order valence-electron chi connectivity index (χ4n) is 1.90. The predicted molar refractivity (Wildman–Crippen MR) is 56.7 cm³/mol. The zero-order chi connectivity index (χ0) is 9.84. The molecule has 0 N–H and O–H groups in total. The minimum atomic E-state index is 0.278. The SMILES string of the molecule is C=C(C)C1CCC(=C)C(OCC)C1. The predicted octanol–water partition coefficient (Wildman–Crippen LogP) is 3.32. The molecule has 0 aliphatic heterocycles. The molecule has 0 heterocycles. The van der Waals surface area contributed by atoms with E-state index in [9.17, 15) is 0 Å². The van der Waals surface area contributed by atoms with E-state index in [1.807, 2.05) is 6.92 Å². The summed E-state index contributed by atoms with van der Waals surface area (Å²) in [6.07, 6.45) is 3.67. The molecule has 0 aromatic rings. The highest BCUT2D eigenvalue weighted by Gasteiger charge is 2.25. The minimum absolute atomic E-state index is 0.278. The van der Waals surface area contributed by atoms with Gasteiger partial charge in [0, 0.05) is 6.61 Å². The molecule has 0 aromatic heterocycles. The highest BCUT2D eigenvalue weighted by Crippen LogP contribution is 2.33. The Kier molecular flexibility index (Phi) is 3.73. The molecule has 0 bridgehead atoms. The topological polar surface area (TPSA) is 9.23 Å². The molecule has 1 fully saturated rings. The third-order valence-electron chi connectivity index (χ3n) is 2.83. The van der Waals surface area contributed by atoms with Crippen LogP contribution < -0.4 is 0 Å². The van der Waals surface area contributed by atoms with E-state index in [2.05, 4.69) is 20.1 Å². The molecule has 74 valence electrons. The van der Waals surface area contributed by atoms with Crippen LogP contribution in [0.4, 0.5) is 0 Å². The number of hydrogen-bond donors (Lipinski definition) is 0. The lowest BCUT2D eigenvalue weighted by molar-refractivity contribution is 0.0601. The second-order valence-corrected chi connectivity index (χ2v) is 3.92. The summed E-state index contributed by atoms with van der Waals surface area (Å²) in [6.45, 7) is 13.0. The van der Waals surface area contributed by atoms with Crippen LogP contribution in [0.5, 0.6) is 0 Å². The molecule has 0 radical (unpaired) electrons. The summed E-state index contributed by atoms with van der Waals surface area (Å²) < 4.78 is 5.63. The molecule has 1 nitrogen and oxygen atoms in total. The van der Waals surface area contributed by atoms with Gasteiger partial charge in [0.15, 0.2) is 0 Å². The minimum Gasteiger partial charge on any atom is -0.374 e. The lowest BCUT2D eigenvalue weighted by atomic mass is 9.81. The summed E-state index contributed by atoms with van der Waals surface area (Å²) in [6, 6.07) is 0. The van der Waals surface area contributed by atoms with Gasteiger partial charge in [0.05, 0.1) is 6.10 Å². The maximum absolute atomic E-state index is 5.63. The largest absolute Gasteiger partial charge is 0.374 e. The van der Waals surface area contributed by atoms with Crippen molar-refractivity contribution >= 4 is 0 Å². The zero-order valence-corrected chi connectivity index (χ0v) is 8.81. The van der Waals surface area contributed by atoms with Gasteiger partial charge in [0.2, 0.25) is 0 Å². The first-order chi connectivity index (χ1) is 6.15. The van der Waals surface area contributed by atoms with Gasteiger partial charge in [0.1, 0.15) is 0 Å². The van der Waals surface area contributed by atoms with Crippen LogP contribution in [0, 0.1) is 5.92 Å². The molecule has 2 atom stereocenters. The van der Waals surface area contributed by atoms with Gasteiger partial charge >= 0.3 is 0 Å². The molecule has 0 aromatic carbocycles. The average molecular weight is 180 g/mol. The number of allylic oxidation sites excluding steroid dienone is 1. The molecule has 13 heavy (non-hydrogen) atoms. The third-order valence-corrected chi connectivity index (χ3v) is 2.83. The molecule has 0 saturated heterocycles. The molecular formula is C12H20O. The Morgan fingerprint density at radius 2 is 2.31 bits per heavy atom. The van der Waals surface area contributed by atoms with E-state index in [4.69, 9.17) is 4.74 Å². The second-order valence-electron chi connectivity index (χ2n) is 3.92. The Bertz CT molecular complexity index is 205. The lowest BCUT2D eigenvalue weighted by Crippen LogP contribution is -2.25. The Morgan fingerprint density at radius 1 is 1.62 bits per heavy atom. The summed E-state index contributed by atoms with van der Waals surface area (Å²) in [7, 11) is 0. The number of ether oxygens (including phenoxy) is 1. The molecule has 1 aliphatic rings. The van der Waals surface area contributed by atoms with Crippen LogP contribution >= 0.6 is 0 Å². The van der Waals surface area contributed by atoms with Gasteiger partial charge in [-0.05, 0) is 44.6 Å². The van der Waals surface area contributed by atoms with Crippen LogP contribution in [0.15, 0.2) is 24.3 Å². The molecular weight excluding hydrogens is 160 g/mol. The lowest BCUT2D eigenvalue weighted by Gasteiger charge is -2.31. The van der Waals surface area contributed by atoms with Crippen molar-refractivity contribution in [3.8, 4) is 0 Å². The van der Waals surface area contributed by atoms with Gasteiger partial charge < -0.3 is 4.74 Å². The number of rotatable bonds is 3. The second kappa shape index (κ2) is 4.61. The molecule has 1 saturated carbocycles. The van der Waals surface area contributed by atoms with Gasteiger partial charge in [-0.3, -0.25) is 0 Å². The Balaban J connectivity index is 2.52. The highest BCUT2D eigenvalue weighted by atomic mass is 16.5. The first-order valence-electron chi connectivity index (χ1n) is 5.09. The van der Waals surface area contributed by atoms with Crippen LogP contribution in [0.1, 0.15) is 33.1 Å². The Morgan fingerprint density at radius 3 is 2.85 bits per heavy atom. The van der Waals surface area contributed by atoms with Gasteiger partial charge in [-0.1, -0.05) is 18.7 Å². The summed E-state index contributed by atoms with van der Waals surface area (Å²) >= 11 is 0. The van der Waals surface area contributed by atoms with E-state index in [1.54, 1.807) is 0 Å². The fraction of sp³-hybridized carbons (Fsp3) is 0.667. The summed E-state index contributed by atoms with van der Waals surface area (Å²) in [4.78, 5) is 0. The first kappa shape index (κ1) is 10.5. The maximum atomic E-state index is 5.63. The van der Waals surface area contributed by atoms with Crippen molar-refractivity contribution in [3.05, 3.63) is 24.3 Å². The highest BCUT2D eigenvalue weighted by molar-refractivity contribution is 5.11. The Labute approximate surface area is 81.5 Å². The van der Waals surface area contributed by atoms with E-state index >= 15 is 0 Å². The van der Waals surface area contributed by atoms with Crippen molar-refractivity contribution in [2.75, 3.05) is 6.61 Å². The van der Waals surface area contributed by atoms with E-state index < -0.39 is 0 Å².